The van der Waals surface area contributed by atoms with Crippen LogP contribution < -0.4 is 0 Å². The summed E-state index contributed by atoms with van der Waals surface area (Å²) in [7, 11) is -9.92. The number of aliphatic hydroxyl groups is 1. The molecule has 0 radical (unpaired) electrons. The van der Waals surface area contributed by atoms with Crippen LogP contribution in [-0.4, -0.2) is 96.7 Å². The minimum atomic E-state index is -4.96. The standard InChI is InChI=1S/C77H146O17P2/c1-6-9-12-15-18-21-24-27-29-30-31-32-33-35-37-40-43-46-53-58-63-77(82)93-72(66-87-74(79)60-55-50-44-41-39-36-34-28-25-22-19-16-13-10-7-2)68-91-95(83,84)89-64-71(78)65-90-96(85,86)92-69-73(67-88-75(80)61-56-51-48-47-49-54-59-70(4)5)94-76(81)62-57-52-45-42-38-26-23-20-17-14-11-8-3/h22,25,28,34,70-73,78H,6-21,23-24,26-27,29-33,35-69H2,1-5H3,(H,83,84)(H,85,86)/b25-22-,34-28-/t71-,72-,73-/m1/s1. The number of phosphoric ester groups is 2. The van der Waals surface area contributed by atoms with Gasteiger partial charge in [-0.15, -0.1) is 0 Å². The van der Waals surface area contributed by atoms with Gasteiger partial charge in [0.1, 0.15) is 19.3 Å². The second kappa shape index (κ2) is 69.6. The first kappa shape index (κ1) is 93.5. The minimum absolute atomic E-state index is 0.102. The fourth-order valence-corrected chi connectivity index (χ4v) is 12.9. The molecule has 19 heteroatoms. The van der Waals surface area contributed by atoms with E-state index in [1.807, 2.05) is 0 Å². The Morgan fingerprint density at radius 3 is 0.854 bits per heavy atom. The summed E-state index contributed by atoms with van der Waals surface area (Å²) in [5.74, 6) is -1.47. The summed E-state index contributed by atoms with van der Waals surface area (Å²) in [4.78, 5) is 72.7. The quantitative estimate of drug-likeness (QED) is 0.0169. The fraction of sp³-hybridized carbons (Fsp3) is 0.896. The molecule has 0 heterocycles. The topological polar surface area (TPSA) is 237 Å². The molecule has 0 saturated carbocycles. The lowest BCUT2D eigenvalue weighted by molar-refractivity contribution is -0.161. The van der Waals surface area contributed by atoms with Gasteiger partial charge in [-0.3, -0.25) is 37.3 Å². The van der Waals surface area contributed by atoms with Gasteiger partial charge in [0.25, 0.3) is 0 Å². The minimum Gasteiger partial charge on any atom is -0.462 e. The van der Waals surface area contributed by atoms with E-state index in [1.54, 1.807) is 0 Å². The summed E-state index contributed by atoms with van der Waals surface area (Å²) in [6, 6.07) is 0. The van der Waals surface area contributed by atoms with Crippen LogP contribution >= 0.6 is 15.6 Å². The molecule has 0 amide bonds. The Morgan fingerprint density at radius 1 is 0.323 bits per heavy atom. The molecule has 0 saturated heterocycles. The van der Waals surface area contributed by atoms with Crippen molar-refractivity contribution in [1.29, 1.82) is 0 Å². The Bertz CT molecular complexity index is 1930. The molecule has 0 aliphatic rings. The molecule has 0 spiro atoms. The maximum absolute atomic E-state index is 13.1. The lowest BCUT2D eigenvalue weighted by Gasteiger charge is -2.21. The first-order valence-electron chi connectivity index (χ1n) is 39.5. The molecular formula is C77H146O17P2. The highest BCUT2D eigenvalue weighted by molar-refractivity contribution is 7.47. The van der Waals surface area contributed by atoms with Crippen LogP contribution in [0.25, 0.3) is 0 Å². The average molecular weight is 1410 g/mol. The van der Waals surface area contributed by atoms with E-state index in [1.165, 1.54) is 180 Å². The van der Waals surface area contributed by atoms with Gasteiger partial charge < -0.3 is 33.8 Å². The number of unbranched alkanes of at least 4 members (excludes halogenated alkanes) is 44. The molecular weight excluding hydrogens is 1260 g/mol. The number of ether oxygens (including phenoxy) is 4. The molecule has 0 bridgehead atoms. The van der Waals surface area contributed by atoms with E-state index < -0.39 is 97.5 Å². The Balaban J connectivity index is 5.24. The number of aliphatic hydroxyl groups excluding tert-OH is 1. The molecule has 0 aliphatic heterocycles. The third-order valence-corrected chi connectivity index (χ3v) is 19.3. The smallest absolute Gasteiger partial charge is 0.462 e. The molecule has 3 N–H and O–H groups in total. The first-order valence-corrected chi connectivity index (χ1v) is 42.4. The van der Waals surface area contributed by atoms with Gasteiger partial charge in [-0.2, -0.15) is 0 Å². The Kier molecular flexibility index (Phi) is 67.8. The molecule has 0 rings (SSSR count). The van der Waals surface area contributed by atoms with Crippen molar-refractivity contribution in [2.24, 2.45) is 5.92 Å². The van der Waals surface area contributed by atoms with Crippen molar-refractivity contribution in [1.82, 2.24) is 0 Å². The van der Waals surface area contributed by atoms with Crippen molar-refractivity contribution in [3.05, 3.63) is 24.3 Å². The monoisotopic (exact) mass is 1410 g/mol. The van der Waals surface area contributed by atoms with Gasteiger partial charge in [0, 0.05) is 25.7 Å². The summed E-state index contributed by atoms with van der Waals surface area (Å²) in [5.41, 5.74) is 0. The summed E-state index contributed by atoms with van der Waals surface area (Å²) in [6.45, 7) is 7.14. The van der Waals surface area contributed by atoms with Gasteiger partial charge in [0.05, 0.1) is 26.4 Å². The Morgan fingerprint density at radius 2 is 0.562 bits per heavy atom. The summed E-state index contributed by atoms with van der Waals surface area (Å²) in [6.07, 6.45) is 62.0. The van der Waals surface area contributed by atoms with Crippen molar-refractivity contribution in [3.63, 3.8) is 0 Å². The highest BCUT2D eigenvalue weighted by Gasteiger charge is 2.30. The lowest BCUT2D eigenvalue weighted by atomic mass is 10.0. The summed E-state index contributed by atoms with van der Waals surface area (Å²) in [5, 5.41) is 10.6. The van der Waals surface area contributed by atoms with Crippen molar-refractivity contribution in [3.8, 4) is 0 Å². The van der Waals surface area contributed by atoms with Crippen molar-refractivity contribution < 1.29 is 80.2 Å². The average Bonchev–Trinajstić information content (AvgIpc) is 1.26. The van der Waals surface area contributed by atoms with Gasteiger partial charge in [0.15, 0.2) is 12.2 Å². The van der Waals surface area contributed by atoms with E-state index in [-0.39, 0.29) is 25.7 Å². The van der Waals surface area contributed by atoms with Crippen LogP contribution in [0, 0.1) is 5.92 Å². The predicted molar refractivity (Wildman–Crippen MR) is 391 cm³/mol. The largest absolute Gasteiger partial charge is 0.472 e. The maximum atomic E-state index is 13.1. The van der Waals surface area contributed by atoms with Crippen LogP contribution in [0.3, 0.4) is 0 Å². The second-order valence-electron chi connectivity index (χ2n) is 27.5. The normalized spacial score (nSPS) is 14.1. The van der Waals surface area contributed by atoms with E-state index in [4.69, 9.17) is 37.0 Å². The van der Waals surface area contributed by atoms with Crippen molar-refractivity contribution >= 4 is 39.5 Å². The zero-order valence-electron chi connectivity index (χ0n) is 62.0. The van der Waals surface area contributed by atoms with E-state index in [2.05, 4.69) is 58.9 Å². The lowest BCUT2D eigenvalue weighted by Crippen LogP contribution is -2.30. The second-order valence-corrected chi connectivity index (χ2v) is 30.4. The number of carbonyl (C=O) groups excluding carboxylic acids is 4. The zero-order valence-corrected chi connectivity index (χ0v) is 63.8. The zero-order chi connectivity index (χ0) is 70.5. The van der Waals surface area contributed by atoms with Gasteiger partial charge in [-0.05, 0) is 57.3 Å². The molecule has 5 atom stereocenters. The predicted octanol–water partition coefficient (Wildman–Crippen LogP) is 22.4. The van der Waals surface area contributed by atoms with Crippen LogP contribution in [0.1, 0.15) is 381 Å². The number of phosphoric acid groups is 2. The van der Waals surface area contributed by atoms with Gasteiger partial charge in [-0.25, -0.2) is 9.13 Å². The van der Waals surface area contributed by atoms with E-state index in [0.717, 1.165) is 116 Å². The SMILES string of the molecule is CCCCCC/C=C\C=C/CCCCCCCC(=O)OC[C@H](COP(=O)(O)OC[C@@H](O)COP(=O)(O)OC[C@@H](COC(=O)CCCCCCCCC(C)C)OC(=O)CCCCCCCCCCCCCC)OC(=O)CCCCCCCCCCCCCCCCCCCCCC. The van der Waals surface area contributed by atoms with Crippen molar-refractivity contribution in [2.75, 3.05) is 39.6 Å². The van der Waals surface area contributed by atoms with Gasteiger partial charge in [0.2, 0.25) is 0 Å². The van der Waals surface area contributed by atoms with Gasteiger partial charge in [-0.1, -0.05) is 329 Å². The third kappa shape index (κ3) is 70.0. The number of rotatable bonds is 75. The number of hydrogen-bond donors (Lipinski definition) is 3. The van der Waals surface area contributed by atoms with E-state index in [0.29, 0.717) is 31.6 Å². The van der Waals surface area contributed by atoms with Crippen LogP contribution in [0.2, 0.25) is 0 Å². The maximum Gasteiger partial charge on any atom is 0.472 e. The molecule has 17 nitrogen and oxygen atoms in total. The van der Waals surface area contributed by atoms with Crippen LogP contribution in [0.15, 0.2) is 24.3 Å². The third-order valence-electron chi connectivity index (χ3n) is 17.4. The molecule has 0 aliphatic carbocycles. The molecule has 2 unspecified atom stereocenters. The number of allylic oxidation sites excluding steroid dienone is 4. The Hall–Kier alpha value is -2.46. The molecule has 96 heavy (non-hydrogen) atoms. The molecule has 0 fully saturated rings. The van der Waals surface area contributed by atoms with E-state index in [9.17, 15) is 43.2 Å². The molecule has 0 aromatic carbocycles. The van der Waals surface area contributed by atoms with Gasteiger partial charge >= 0.3 is 39.5 Å². The highest BCUT2D eigenvalue weighted by Crippen LogP contribution is 2.45. The first-order chi connectivity index (χ1) is 46.5. The molecule has 0 aromatic rings. The van der Waals surface area contributed by atoms with Crippen molar-refractivity contribution in [2.45, 2.75) is 400 Å². The highest BCUT2D eigenvalue weighted by atomic mass is 31.2. The summed E-state index contributed by atoms with van der Waals surface area (Å²) >= 11 is 0. The van der Waals surface area contributed by atoms with Crippen LogP contribution in [-0.2, 0) is 65.4 Å². The molecule has 0 aromatic heterocycles. The Labute approximate surface area is 586 Å². The number of hydrogen-bond acceptors (Lipinski definition) is 15. The number of carbonyl (C=O) groups is 4. The van der Waals surface area contributed by atoms with Crippen LogP contribution in [0.5, 0.6) is 0 Å². The fourth-order valence-electron chi connectivity index (χ4n) is 11.3. The number of esters is 4. The summed E-state index contributed by atoms with van der Waals surface area (Å²) < 4.78 is 68.5. The van der Waals surface area contributed by atoms with E-state index >= 15 is 0 Å². The molecule has 566 valence electrons. The van der Waals surface area contributed by atoms with Crippen LogP contribution in [0.4, 0.5) is 0 Å².